The molecule has 0 unspecified atom stereocenters. The molecule has 0 spiro atoms. The number of halogens is 1. The molecule has 0 fully saturated rings. The number of benzene rings is 2. The highest BCUT2D eigenvalue weighted by atomic mass is 79.9. The van der Waals surface area contributed by atoms with E-state index in [0.29, 0.717) is 21.3 Å². The van der Waals surface area contributed by atoms with Crippen LogP contribution in [0.5, 0.6) is 5.75 Å². The van der Waals surface area contributed by atoms with Crippen molar-refractivity contribution in [2.24, 2.45) is 0 Å². The lowest BCUT2D eigenvalue weighted by atomic mass is 10.1. The van der Waals surface area contributed by atoms with Gasteiger partial charge in [-0.25, -0.2) is 4.79 Å². The quantitative estimate of drug-likeness (QED) is 0.595. The summed E-state index contributed by atoms with van der Waals surface area (Å²) in [7, 11) is 1.34. The summed E-state index contributed by atoms with van der Waals surface area (Å²) in [6.07, 6.45) is 0. The molecule has 22 heavy (non-hydrogen) atoms. The van der Waals surface area contributed by atoms with Gasteiger partial charge in [-0.15, -0.1) is 0 Å². The zero-order valence-corrected chi connectivity index (χ0v) is 13.8. The third-order valence-corrected chi connectivity index (χ3v) is 3.79. The zero-order valence-electron chi connectivity index (χ0n) is 12.3. The average molecular weight is 363 g/mol. The molecule has 0 aliphatic heterocycles. The van der Waals surface area contributed by atoms with E-state index < -0.39 is 5.97 Å². The Morgan fingerprint density at radius 3 is 2.45 bits per heavy atom. The van der Waals surface area contributed by atoms with Gasteiger partial charge in [-0.2, -0.15) is 0 Å². The van der Waals surface area contributed by atoms with Gasteiger partial charge < -0.3 is 9.47 Å². The predicted octanol–water partition coefficient (Wildman–Crippen LogP) is 4.02. The molecule has 0 aromatic heterocycles. The monoisotopic (exact) mass is 362 g/mol. The first-order valence-corrected chi connectivity index (χ1v) is 7.41. The Morgan fingerprint density at radius 1 is 1.09 bits per heavy atom. The third kappa shape index (κ3) is 3.74. The molecule has 0 aliphatic rings. The summed E-state index contributed by atoms with van der Waals surface area (Å²) < 4.78 is 11.1. The molecule has 0 N–H and O–H groups in total. The number of hydrogen-bond acceptors (Lipinski definition) is 4. The maximum Gasteiger partial charge on any atom is 0.338 e. The summed E-state index contributed by atoms with van der Waals surface area (Å²) in [4.78, 5) is 23.1. The number of hydrogen-bond donors (Lipinski definition) is 0. The standard InChI is InChI=1S/C17H15BrO4/c1-11(19)14-8-7-13(9-16(14)18)22-10-12-5-3-4-6-15(12)17(20)21-2/h3-9H,10H2,1-2H3. The number of Topliss-reactive ketones (excluding diaryl/α,β-unsaturated/α-hetero) is 1. The Hall–Kier alpha value is -2.14. The van der Waals surface area contributed by atoms with Crippen LogP contribution in [-0.2, 0) is 11.3 Å². The molecular weight excluding hydrogens is 348 g/mol. The number of rotatable bonds is 5. The fourth-order valence-electron chi connectivity index (χ4n) is 1.99. The van der Waals surface area contributed by atoms with Gasteiger partial charge >= 0.3 is 5.97 Å². The Morgan fingerprint density at radius 2 is 1.82 bits per heavy atom. The van der Waals surface area contributed by atoms with E-state index in [9.17, 15) is 9.59 Å². The first-order valence-electron chi connectivity index (χ1n) is 6.62. The van der Waals surface area contributed by atoms with Gasteiger partial charge in [0.25, 0.3) is 0 Å². The maximum atomic E-state index is 11.7. The summed E-state index contributed by atoms with van der Waals surface area (Å²) in [5.41, 5.74) is 1.81. The van der Waals surface area contributed by atoms with Crippen LogP contribution in [0.2, 0.25) is 0 Å². The second kappa shape index (κ2) is 7.22. The first-order chi connectivity index (χ1) is 10.5. The smallest absolute Gasteiger partial charge is 0.338 e. The molecule has 4 nitrogen and oxygen atoms in total. The highest BCUT2D eigenvalue weighted by molar-refractivity contribution is 9.10. The lowest BCUT2D eigenvalue weighted by Crippen LogP contribution is -2.07. The van der Waals surface area contributed by atoms with E-state index >= 15 is 0 Å². The van der Waals surface area contributed by atoms with Crippen LogP contribution in [0, 0.1) is 0 Å². The lowest BCUT2D eigenvalue weighted by Gasteiger charge is -2.11. The van der Waals surface area contributed by atoms with Crippen LogP contribution in [0.4, 0.5) is 0 Å². The normalized spacial score (nSPS) is 10.1. The molecule has 0 atom stereocenters. The van der Waals surface area contributed by atoms with Gasteiger partial charge in [-0.05, 0) is 47.1 Å². The number of carbonyl (C=O) groups is 2. The summed E-state index contributed by atoms with van der Waals surface area (Å²) in [6, 6.07) is 12.3. The molecular formula is C17H15BrO4. The molecule has 2 rings (SSSR count). The van der Waals surface area contributed by atoms with Crippen molar-refractivity contribution in [1.29, 1.82) is 0 Å². The van der Waals surface area contributed by atoms with Gasteiger partial charge in [0.15, 0.2) is 5.78 Å². The van der Waals surface area contributed by atoms with Crippen LogP contribution in [-0.4, -0.2) is 18.9 Å². The minimum atomic E-state index is -0.396. The van der Waals surface area contributed by atoms with Crippen LogP contribution < -0.4 is 4.74 Å². The highest BCUT2D eigenvalue weighted by Crippen LogP contribution is 2.24. The highest BCUT2D eigenvalue weighted by Gasteiger charge is 2.12. The van der Waals surface area contributed by atoms with E-state index in [4.69, 9.17) is 9.47 Å². The number of ether oxygens (including phenoxy) is 2. The zero-order chi connectivity index (χ0) is 16.1. The van der Waals surface area contributed by atoms with Gasteiger partial charge in [0.2, 0.25) is 0 Å². The van der Waals surface area contributed by atoms with Gasteiger partial charge in [-0.1, -0.05) is 18.2 Å². The molecule has 2 aromatic rings. The van der Waals surface area contributed by atoms with Gasteiger partial charge in [0, 0.05) is 15.6 Å². The Labute approximate surface area is 137 Å². The fourth-order valence-corrected chi connectivity index (χ4v) is 2.62. The summed E-state index contributed by atoms with van der Waals surface area (Å²) in [5, 5.41) is 0. The maximum absolute atomic E-state index is 11.7. The van der Waals surface area contributed by atoms with Crippen molar-refractivity contribution in [2.75, 3.05) is 7.11 Å². The van der Waals surface area contributed by atoms with Crippen LogP contribution in [0.3, 0.4) is 0 Å². The summed E-state index contributed by atoms with van der Waals surface area (Å²) in [6.45, 7) is 1.74. The second-order valence-electron chi connectivity index (χ2n) is 4.64. The largest absolute Gasteiger partial charge is 0.489 e. The molecule has 5 heteroatoms. The van der Waals surface area contributed by atoms with Crippen molar-refractivity contribution in [3.63, 3.8) is 0 Å². The predicted molar refractivity (Wildman–Crippen MR) is 86.3 cm³/mol. The van der Waals surface area contributed by atoms with Crippen LogP contribution >= 0.6 is 15.9 Å². The van der Waals surface area contributed by atoms with Crippen molar-refractivity contribution >= 4 is 27.7 Å². The topological polar surface area (TPSA) is 52.6 Å². The molecule has 0 saturated carbocycles. The van der Waals surface area contributed by atoms with E-state index in [0.717, 1.165) is 5.56 Å². The van der Waals surface area contributed by atoms with Crippen molar-refractivity contribution in [3.05, 3.63) is 63.6 Å². The minimum absolute atomic E-state index is 0.0190. The second-order valence-corrected chi connectivity index (χ2v) is 5.49. The number of esters is 1. The van der Waals surface area contributed by atoms with E-state index in [1.807, 2.05) is 12.1 Å². The van der Waals surface area contributed by atoms with Crippen molar-refractivity contribution < 1.29 is 19.1 Å². The number of ketones is 1. The lowest BCUT2D eigenvalue weighted by molar-refractivity contribution is 0.0597. The average Bonchev–Trinajstić information content (AvgIpc) is 2.52. The van der Waals surface area contributed by atoms with E-state index in [-0.39, 0.29) is 12.4 Å². The molecule has 0 bridgehead atoms. The van der Waals surface area contributed by atoms with Crippen molar-refractivity contribution in [2.45, 2.75) is 13.5 Å². The Balaban J connectivity index is 2.16. The molecule has 0 radical (unpaired) electrons. The third-order valence-electron chi connectivity index (χ3n) is 3.14. The molecule has 0 heterocycles. The molecule has 0 amide bonds. The summed E-state index contributed by atoms with van der Waals surface area (Å²) >= 11 is 3.35. The fraction of sp³-hybridized carbons (Fsp3) is 0.176. The number of carbonyl (C=O) groups excluding carboxylic acids is 2. The molecule has 0 aliphatic carbocycles. The first kappa shape index (κ1) is 16.2. The van der Waals surface area contributed by atoms with Gasteiger partial charge in [0.1, 0.15) is 12.4 Å². The van der Waals surface area contributed by atoms with Crippen LogP contribution in [0.15, 0.2) is 46.9 Å². The summed E-state index contributed by atoms with van der Waals surface area (Å²) in [5.74, 6) is 0.193. The van der Waals surface area contributed by atoms with Crippen molar-refractivity contribution in [3.8, 4) is 5.75 Å². The SMILES string of the molecule is COC(=O)c1ccccc1COc1ccc(C(C)=O)c(Br)c1. The minimum Gasteiger partial charge on any atom is -0.489 e. The molecule has 114 valence electrons. The van der Waals surface area contributed by atoms with Gasteiger partial charge in [-0.3, -0.25) is 4.79 Å². The molecule has 0 saturated heterocycles. The van der Waals surface area contributed by atoms with E-state index in [2.05, 4.69) is 15.9 Å². The Bertz CT molecular complexity index is 710. The van der Waals surface area contributed by atoms with Crippen LogP contribution in [0.25, 0.3) is 0 Å². The van der Waals surface area contributed by atoms with Gasteiger partial charge in [0.05, 0.1) is 12.7 Å². The van der Waals surface area contributed by atoms with E-state index in [1.165, 1.54) is 14.0 Å². The Kier molecular flexibility index (Phi) is 5.33. The van der Waals surface area contributed by atoms with Crippen molar-refractivity contribution in [1.82, 2.24) is 0 Å². The van der Waals surface area contributed by atoms with Crippen LogP contribution in [0.1, 0.15) is 33.2 Å². The molecule has 2 aromatic carbocycles. The number of methoxy groups -OCH3 is 1. The van der Waals surface area contributed by atoms with E-state index in [1.54, 1.807) is 30.3 Å².